The predicted molar refractivity (Wildman–Crippen MR) is 30.2 cm³/mol. The molecule has 0 radical (unpaired) electrons. The van der Waals surface area contributed by atoms with Crippen molar-refractivity contribution in [3.63, 3.8) is 0 Å². The number of nitrogens with two attached hydrogens (primary N) is 1. The monoisotopic (exact) mass is 137 g/mol. The molecule has 0 unspecified atom stereocenters. The van der Waals surface area contributed by atoms with E-state index in [4.69, 9.17) is 17.6 Å². The van der Waals surface area contributed by atoms with Crippen molar-refractivity contribution in [3.8, 4) is 0 Å². The van der Waals surface area contributed by atoms with Gasteiger partial charge in [0.1, 0.15) is 17.4 Å². The Hall–Kier alpha value is -0.280. The molecule has 0 fully saturated rings. The van der Waals surface area contributed by atoms with Crippen LogP contribution in [0.2, 0.25) is 0 Å². The molecule has 0 aliphatic heterocycles. The van der Waals surface area contributed by atoms with Crippen molar-refractivity contribution >= 4 is 17.8 Å². The molecule has 0 aliphatic rings. The van der Waals surface area contributed by atoms with Crippen molar-refractivity contribution in [1.82, 2.24) is 0 Å². The fourth-order valence-electron chi connectivity index (χ4n) is 0.0994. The Morgan fingerprint density at radius 3 is 2.12 bits per heavy atom. The van der Waals surface area contributed by atoms with Gasteiger partial charge in [-0.05, 0) is 13.8 Å². The van der Waals surface area contributed by atoms with E-state index < -0.39 is 11.5 Å². The van der Waals surface area contributed by atoms with Gasteiger partial charge in [-0.1, -0.05) is 0 Å². The molecule has 0 aromatic rings. The maximum atomic E-state index is 10.4. The summed E-state index contributed by atoms with van der Waals surface area (Å²) in [5, 5.41) is 0. The molecule has 0 spiro atoms. The molecule has 0 atom stereocenters. The second-order valence-electron chi connectivity index (χ2n) is 2.09. The minimum absolute atomic E-state index is 0.626. The van der Waals surface area contributed by atoms with Crippen LogP contribution in [-0.2, 0) is 9.08 Å². The first-order valence-corrected chi connectivity index (χ1v) is 2.41. The van der Waals surface area contributed by atoms with E-state index in [0.29, 0.717) is 0 Å². The van der Waals surface area contributed by atoms with E-state index in [1.807, 2.05) is 0 Å². The van der Waals surface area contributed by atoms with Crippen molar-refractivity contribution in [2.75, 3.05) is 0 Å². The van der Waals surface area contributed by atoms with Gasteiger partial charge in [-0.2, -0.15) is 0 Å². The first-order valence-electron chi connectivity index (χ1n) is 2.10. The molecule has 0 rings (SSSR count). The summed E-state index contributed by atoms with van der Waals surface area (Å²) in [6, 6.07) is 0. The van der Waals surface area contributed by atoms with Crippen molar-refractivity contribution in [1.29, 1.82) is 0 Å². The van der Waals surface area contributed by atoms with Crippen LogP contribution < -0.4 is 5.73 Å². The summed E-state index contributed by atoms with van der Waals surface area (Å²) in [7, 11) is 0. The van der Waals surface area contributed by atoms with Crippen LogP contribution in [0.15, 0.2) is 0 Å². The van der Waals surface area contributed by atoms with Gasteiger partial charge in [-0.3, -0.25) is 0 Å². The second-order valence-corrected chi connectivity index (χ2v) is 2.24. The topological polar surface area (TPSA) is 52.3 Å². The predicted octanol–water partition coefficient (Wildman–Crippen LogP) is 0.421. The average molecular weight is 138 g/mol. The molecule has 0 heterocycles. The third kappa shape index (κ3) is 2.14. The van der Waals surface area contributed by atoms with Crippen LogP contribution in [0.25, 0.3) is 0 Å². The van der Waals surface area contributed by atoms with Gasteiger partial charge in [0.05, 0.1) is 0 Å². The van der Waals surface area contributed by atoms with Crippen LogP contribution >= 0.6 is 11.9 Å². The highest BCUT2D eigenvalue weighted by Crippen LogP contribution is 2.00. The lowest BCUT2D eigenvalue weighted by atomic mass is 10.1. The normalized spacial score (nSPS) is 11.0. The third-order valence-electron chi connectivity index (χ3n) is 0.596. The molecule has 48 valence electrons. The SMILES string of the molecule is CC(C)(N)C(=O)OCl. The zero-order valence-corrected chi connectivity index (χ0v) is 5.53. The fourth-order valence-corrected chi connectivity index (χ4v) is 0.298. The highest BCUT2D eigenvalue weighted by molar-refractivity contribution is 6.14. The Bertz CT molecular complexity index is 96.7. The molecule has 0 bridgehead atoms. The van der Waals surface area contributed by atoms with E-state index in [2.05, 4.69) is 4.29 Å². The number of rotatable bonds is 1. The molecule has 3 nitrogen and oxygen atoms in total. The van der Waals surface area contributed by atoms with Crippen LogP contribution in [0, 0.1) is 0 Å². The van der Waals surface area contributed by atoms with E-state index in [9.17, 15) is 4.79 Å². The molecule has 0 aliphatic carbocycles. The van der Waals surface area contributed by atoms with E-state index in [1.165, 1.54) is 13.8 Å². The Balaban J connectivity index is 3.82. The smallest absolute Gasteiger partial charge is 0.343 e. The third-order valence-corrected chi connectivity index (χ3v) is 0.736. The molecule has 0 aromatic carbocycles. The minimum atomic E-state index is -0.984. The Labute approximate surface area is 52.9 Å². The summed E-state index contributed by atoms with van der Waals surface area (Å²) in [4.78, 5) is 10.4. The number of halogens is 1. The Kier molecular flexibility index (Phi) is 2.25. The van der Waals surface area contributed by atoms with Crippen LogP contribution in [0.5, 0.6) is 0 Å². The van der Waals surface area contributed by atoms with Gasteiger partial charge in [0.15, 0.2) is 0 Å². The lowest BCUT2D eigenvalue weighted by molar-refractivity contribution is -0.138. The van der Waals surface area contributed by atoms with Crippen molar-refractivity contribution in [3.05, 3.63) is 0 Å². The van der Waals surface area contributed by atoms with E-state index in [-0.39, 0.29) is 0 Å². The summed E-state index contributed by atoms with van der Waals surface area (Å²) in [6.07, 6.45) is 0. The van der Waals surface area contributed by atoms with Crippen LogP contribution in [-0.4, -0.2) is 11.5 Å². The lowest BCUT2D eigenvalue weighted by Crippen LogP contribution is -2.41. The lowest BCUT2D eigenvalue weighted by Gasteiger charge is -2.11. The minimum Gasteiger partial charge on any atom is -0.346 e. The summed E-state index contributed by atoms with van der Waals surface area (Å²) in [5.41, 5.74) is 4.25. The van der Waals surface area contributed by atoms with Gasteiger partial charge in [0, 0.05) is 0 Å². The van der Waals surface area contributed by atoms with Crippen LogP contribution in [0.1, 0.15) is 13.8 Å². The van der Waals surface area contributed by atoms with E-state index >= 15 is 0 Å². The second kappa shape index (κ2) is 2.33. The maximum Gasteiger partial charge on any atom is 0.343 e. The van der Waals surface area contributed by atoms with Crippen LogP contribution in [0.3, 0.4) is 0 Å². The quantitative estimate of drug-likeness (QED) is 0.570. The zero-order chi connectivity index (χ0) is 6.78. The molecule has 4 heteroatoms. The van der Waals surface area contributed by atoms with E-state index in [0.717, 1.165) is 0 Å². The summed E-state index contributed by atoms with van der Waals surface area (Å²) < 4.78 is 3.82. The summed E-state index contributed by atoms with van der Waals surface area (Å²) in [5.74, 6) is -0.626. The van der Waals surface area contributed by atoms with Crippen molar-refractivity contribution < 1.29 is 9.08 Å². The largest absolute Gasteiger partial charge is 0.346 e. The summed E-state index contributed by atoms with van der Waals surface area (Å²) in [6.45, 7) is 3.02. The Morgan fingerprint density at radius 2 is 2.12 bits per heavy atom. The molecular formula is C4H8ClNO2. The maximum absolute atomic E-state index is 10.4. The van der Waals surface area contributed by atoms with E-state index in [1.54, 1.807) is 0 Å². The molecule has 2 N–H and O–H groups in total. The molecular weight excluding hydrogens is 130 g/mol. The Morgan fingerprint density at radius 1 is 1.75 bits per heavy atom. The van der Waals surface area contributed by atoms with Gasteiger partial charge in [0.25, 0.3) is 0 Å². The van der Waals surface area contributed by atoms with Gasteiger partial charge in [-0.15, -0.1) is 0 Å². The number of hydrogen-bond acceptors (Lipinski definition) is 3. The number of hydrogen-bond donors (Lipinski definition) is 1. The van der Waals surface area contributed by atoms with Crippen molar-refractivity contribution in [2.24, 2.45) is 5.73 Å². The van der Waals surface area contributed by atoms with Crippen molar-refractivity contribution in [2.45, 2.75) is 19.4 Å². The molecule has 0 saturated heterocycles. The first kappa shape index (κ1) is 7.72. The molecule has 8 heavy (non-hydrogen) atoms. The van der Waals surface area contributed by atoms with Gasteiger partial charge >= 0.3 is 5.97 Å². The standard InChI is InChI=1S/C4H8ClNO2/c1-4(2,6)3(7)8-5/h6H2,1-2H3. The highest BCUT2D eigenvalue weighted by Gasteiger charge is 2.23. The molecule has 0 amide bonds. The molecule has 0 saturated carbocycles. The zero-order valence-electron chi connectivity index (χ0n) is 4.77. The van der Waals surface area contributed by atoms with Gasteiger partial charge < -0.3 is 10.0 Å². The molecule has 0 aromatic heterocycles. The number of carbonyl (C=O) groups excluding carboxylic acids is 1. The van der Waals surface area contributed by atoms with Gasteiger partial charge in [-0.25, -0.2) is 4.79 Å². The van der Waals surface area contributed by atoms with Gasteiger partial charge in [0.2, 0.25) is 0 Å². The first-order chi connectivity index (χ1) is 3.48. The summed E-state index contributed by atoms with van der Waals surface area (Å²) >= 11 is 4.71. The fraction of sp³-hybridized carbons (Fsp3) is 0.750. The van der Waals surface area contributed by atoms with Crippen LogP contribution in [0.4, 0.5) is 0 Å². The highest BCUT2D eigenvalue weighted by atomic mass is 35.5. The number of carbonyl (C=O) groups is 1. The average Bonchev–Trinajstić information content (AvgIpc) is 1.62.